The maximum absolute atomic E-state index is 3.19. The van der Waals surface area contributed by atoms with Crippen LogP contribution >= 0.6 is 0 Å². The third-order valence-electron chi connectivity index (χ3n) is 1.37. The first-order valence-corrected chi connectivity index (χ1v) is 2.55. The predicted octanol–water partition coefficient (Wildman–Crippen LogP) is -3.91. The van der Waals surface area contributed by atoms with Crippen LogP contribution in [0.1, 0.15) is 20.3 Å². The summed E-state index contributed by atoms with van der Waals surface area (Å²) in [5, 5.41) is 0. The molecule has 0 saturated heterocycles. The Hall–Kier alpha value is 0.943. The molecule has 3 heteroatoms. The molecule has 1 radical (unpaired) electrons. The molecule has 0 bridgehead atoms. The Labute approximate surface area is 94.1 Å². The summed E-state index contributed by atoms with van der Waals surface area (Å²) in [4.78, 5) is 0. The van der Waals surface area contributed by atoms with Gasteiger partial charge in [0.15, 0.2) is 0 Å². The van der Waals surface area contributed by atoms with Crippen LogP contribution in [0.3, 0.4) is 0 Å². The topological polar surface area (TPSA) is 0 Å². The van der Waals surface area contributed by atoms with Crippen LogP contribution in [0.5, 0.6) is 0 Å². The summed E-state index contributed by atoms with van der Waals surface area (Å²) >= 11 is 0. The number of halogens is 2. The van der Waals surface area contributed by atoms with Crippen molar-refractivity contribution in [1.82, 2.24) is 0 Å². The van der Waals surface area contributed by atoms with Crippen molar-refractivity contribution in [1.29, 1.82) is 0 Å². The van der Waals surface area contributed by atoms with Gasteiger partial charge in [-0.2, -0.15) is 6.08 Å². The van der Waals surface area contributed by atoms with Crippen LogP contribution in [-0.4, -0.2) is 0 Å². The Morgan fingerprint density at radius 3 is 1.90 bits per heavy atom. The zero-order valence-corrected chi connectivity index (χ0v) is 10.0. The molecular weight excluding hydrogens is 246 g/mol. The van der Waals surface area contributed by atoms with E-state index in [-0.39, 0.29) is 51.0 Å². The molecule has 0 unspecified atom stereocenters. The van der Waals surface area contributed by atoms with Crippen LogP contribution in [0.4, 0.5) is 0 Å². The minimum absolute atomic E-state index is 0. The second-order valence-electron chi connectivity index (χ2n) is 1.89. The first kappa shape index (κ1) is 17.1. The molecule has 55 valence electrons. The van der Waals surface area contributed by atoms with Crippen LogP contribution in [0, 0.1) is 6.08 Å². The summed E-state index contributed by atoms with van der Waals surface area (Å²) in [5.74, 6) is 0. The Bertz CT molecular complexity index is 123. The van der Waals surface area contributed by atoms with Gasteiger partial charge in [0, 0.05) is 0 Å². The van der Waals surface area contributed by atoms with Crippen molar-refractivity contribution in [3.8, 4) is 0 Å². The van der Waals surface area contributed by atoms with Gasteiger partial charge < -0.3 is 24.8 Å². The summed E-state index contributed by atoms with van der Waals surface area (Å²) in [6.45, 7) is 4.22. The van der Waals surface area contributed by atoms with Gasteiger partial charge in [0.2, 0.25) is 0 Å². The summed E-state index contributed by atoms with van der Waals surface area (Å²) in [6.07, 6.45) is 6.41. The molecule has 10 heavy (non-hydrogen) atoms. The average Bonchev–Trinajstić information content (AvgIpc) is 1.91. The second-order valence-corrected chi connectivity index (χ2v) is 1.89. The number of allylic oxidation sites excluding steroid dienone is 4. The van der Waals surface area contributed by atoms with Gasteiger partial charge in [-0.1, -0.05) is 6.92 Å². The molecule has 0 aromatic carbocycles. The van der Waals surface area contributed by atoms with Gasteiger partial charge in [-0.3, -0.25) is 6.08 Å². The Morgan fingerprint density at radius 2 is 1.80 bits per heavy atom. The van der Waals surface area contributed by atoms with Crippen LogP contribution in [0.15, 0.2) is 17.2 Å². The molecule has 0 nitrogen and oxygen atoms in total. The monoisotopic (exact) mass is 253 g/mol. The molecule has 0 aliphatic heterocycles. The molecule has 1 aliphatic rings. The minimum Gasteiger partial charge on any atom is -1.00 e. The van der Waals surface area contributed by atoms with Crippen LogP contribution in [0.2, 0.25) is 0 Å². The van der Waals surface area contributed by atoms with Crippen molar-refractivity contribution in [3.63, 3.8) is 0 Å². The van der Waals surface area contributed by atoms with E-state index >= 15 is 0 Å². The number of rotatable bonds is 0. The fraction of sp³-hybridized carbons (Fsp3) is 0.429. The SMILES string of the molecule is CC1=[C-]CC=C1C.[Cl-].[Cl-].[Zr+3]. The van der Waals surface area contributed by atoms with Crippen LogP contribution < -0.4 is 24.8 Å². The standard InChI is InChI=1S/C7H9.2ClH.Zr/c1-6-4-3-5-7(6)2;;;/h4H,3H2,1-2H3;2*1H;/q-1;;;+3/p-2. The van der Waals surface area contributed by atoms with Gasteiger partial charge in [0.05, 0.1) is 0 Å². The van der Waals surface area contributed by atoms with Gasteiger partial charge in [-0.15, -0.1) is 13.3 Å². The maximum Gasteiger partial charge on any atom is 3.00 e. The van der Waals surface area contributed by atoms with E-state index in [1.54, 1.807) is 0 Å². The van der Waals surface area contributed by atoms with E-state index in [9.17, 15) is 0 Å². The fourth-order valence-electron chi connectivity index (χ4n) is 0.650. The van der Waals surface area contributed by atoms with Gasteiger partial charge in [-0.25, -0.2) is 11.1 Å². The summed E-state index contributed by atoms with van der Waals surface area (Å²) in [6, 6.07) is 0. The third-order valence-corrected chi connectivity index (χ3v) is 1.37. The molecule has 0 N–H and O–H groups in total. The first-order chi connectivity index (χ1) is 3.30. The van der Waals surface area contributed by atoms with E-state index in [4.69, 9.17) is 0 Å². The van der Waals surface area contributed by atoms with E-state index in [1.807, 2.05) is 0 Å². The summed E-state index contributed by atoms with van der Waals surface area (Å²) < 4.78 is 0. The fourth-order valence-corrected chi connectivity index (χ4v) is 0.650. The quantitative estimate of drug-likeness (QED) is 0.388. The van der Waals surface area contributed by atoms with Gasteiger partial charge in [0.1, 0.15) is 0 Å². The van der Waals surface area contributed by atoms with Crippen molar-refractivity contribution < 1.29 is 51.0 Å². The summed E-state index contributed by atoms with van der Waals surface area (Å²) in [7, 11) is 0. The molecule has 0 spiro atoms. The molecule has 0 heterocycles. The van der Waals surface area contributed by atoms with Crippen molar-refractivity contribution in [2.24, 2.45) is 0 Å². The van der Waals surface area contributed by atoms with Crippen molar-refractivity contribution in [2.45, 2.75) is 20.3 Å². The van der Waals surface area contributed by atoms with E-state index < -0.39 is 0 Å². The molecular formula is C7H9Cl2Zr. The van der Waals surface area contributed by atoms with Crippen LogP contribution in [-0.2, 0) is 26.2 Å². The summed E-state index contributed by atoms with van der Waals surface area (Å²) in [5.41, 5.74) is 2.71. The van der Waals surface area contributed by atoms with Crippen molar-refractivity contribution >= 4 is 0 Å². The molecule has 0 fully saturated rings. The molecule has 0 aromatic rings. The van der Waals surface area contributed by atoms with Gasteiger partial charge in [0.25, 0.3) is 0 Å². The van der Waals surface area contributed by atoms with Crippen molar-refractivity contribution in [2.75, 3.05) is 0 Å². The molecule has 0 aromatic heterocycles. The average molecular weight is 255 g/mol. The van der Waals surface area contributed by atoms with E-state index in [2.05, 4.69) is 26.0 Å². The Kier molecular flexibility index (Phi) is 13.8. The number of hydrogen-bond acceptors (Lipinski definition) is 0. The molecule has 1 aliphatic carbocycles. The van der Waals surface area contributed by atoms with Gasteiger partial charge >= 0.3 is 26.2 Å². The third kappa shape index (κ3) is 4.71. The van der Waals surface area contributed by atoms with E-state index in [0.29, 0.717) is 0 Å². The Morgan fingerprint density at radius 1 is 1.30 bits per heavy atom. The van der Waals surface area contributed by atoms with Crippen molar-refractivity contribution in [3.05, 3.63) is 23.3 Å². The minimum atomic E-state index is 0. The molecule has 0 atom stereocenters. The number of hydrogen-bond donors (Lipinski definition) is 0. The molecule has 0 saturated carbocycles. The predicted molar refractivity (Wildman–Crippen MR) is 30.8 cm³/mol. The first-order valence-electron chi connectivity index (χ1n) is 2.55. The normalized spacial score (nSPS) is 13.4. The zero-order chi connectivity index (χ0) is 5.28. The second kappa shape index (κ2) is 8.04. The zero-order valence-electron chi connectivity index (χ0n) is 6.04. The molecule has 1 rings (SSSR count). The molecule has 0 amide bonds. The maximum atomic E-state index is 3.19. The largest absolute Gasteiger partial charge is 3.00 e. The van der Waals surface area contributed by atoms with E-state index in [1.165, 1.54) is 11.1 Å². The smallest absolute Gasteiger partial charge is 1.00 e. The van der Waals surface area contributed by atoms with Crippen LogP contribution in [0.25, 0.3) is 0 Å². The van der Waals surface area contributed by atoms with Gasteiger partial charge in [-0.05, 0) is 0 Å². The van der Waals surface area contributed by atoms with E-state index in [0.717, 1.165) is 6.42 Å². The Balaban J connectivity index is -0.000000163.